The SMILES string of the molecule is Cc1ccc(NC(=O)c2c(C)c(C(=O)C(=O)NC3(C(=O)NC4(C)CS(=O)(=O)C4)CC(F)(F)C3)c3n2CCC3)cc1Cl.Cc1ccc(NC(=O)c2c(C)c(C(=O)C(=O)NC3(C)COC3)c3n2CCC3)cc1Cl.Cc1ccc(NC(=O)c2c(C)c(C(=O)C(=O)NC3(CNC4(C)CS(=O)(=O)C4)CC(F)(F)C3)c3n2CCC3)cc1Cl.Cc1ccc(NC(=O)c2c(C)c(C(=O)C(=O)NC3(c4cn[nH]n4)CC3)c3n2CCC3)cc1Cl. The normalized spacial score (nSPS) is 18.8. The second kappa shape index (κ2) is 38.9. The molecule has 3 saturated heterocycles. The fourth-order valence-corrected chi connectivity index (χ4v) is 25.7. The molecule has 35 nitrogen and oxygen atoms in total. The minimum absolute atomic E-state index is 0.00854. The second-order valence-corrected chi connectivity index (χ2v) is 46.0. The number of halogens is 8. The Morgan fingerprint density at radius 3 is 1.01 bits per heavy atom. The number of ketones is 4. The number of carbonyl (C=O) groups excluding carboxylic acids is 13. The Kier molecular flexibility index (Phi) is 28.3. The summed E-state index contributed by atoms with van der Waals surface area (Å²) < 4.78 is 115. The van der Waals surface area contributed by atoms with E-state index in [9.17, 15) is 96.7 Å². The Morgan fingerprint density at radius 2 is 0.722 bits per heavy atom. The summed E-state index contributed by atoms with van der Waals surface area (Å²) in [5, 5.41) is 39.6. The van der Waals surface area contributed by atoms with E-state index >= 15 is 0 Å². The molecule has 3 aliphatic carbocycles. The van der Waals surface area contributed by atoms with Crippen LogP contribution in [0.5, 0.6) is 0 Å². The molecular formula is C99H107Cl4F4N17O18S2. The predicted molar refractivity (Wildman–Crippen MR) is 527 cm³/mol. The molecule has 0 bridgehead atoms. The van der Waals surface area contributed by atoms with Gasteiger partial charge in [0.25, 0.3) is 82.2 Å². The van der Waals surface area contributed by atoms with Crippen LogP contribution < -0.4 is 53.2 Å². The number of rotatable bonds is 26. The van der Waals surface area contributed by atoms with Gasteiger partial charge in [0.1, 0.15) is 34.0 Å². The molecule has 9 aromatic rings. The predicted octanol–water partition coefficient (Wildman–Crippen LogP) is 12.0. The number of nitrogens with zero attached hydrogens (tertiary/aromatic N) is 6. The molecule has 0 spiro atoms. The highest BCUT2D eigenvalue weighted by atomic mass is 35.5. The molecule has 4 aromatic carbocycles. The van der Waals surface area contributed by atoms with Crippen LogP contribution in [0.2, 0.25) is 20.1 Å². The van der Waals surface area contributed by atoms with Gasteiger partial charge in [-0.3, -0.25) is 62.3 Å². The number of ether oxygens (including phenoxy) is 1. The summed E-state index contributed by atoms with van der Waals surface area (Å²) in [6.45, 7) is 21.8. The molecule has 3 saturated carbocycles. The third kappa shape index (κ3) is 21.0. The number of aromatic amines is 1. The van der Waals surface area contributed by atoms with Crippen molar-refractivity contribution in [3.8, 4) is 0 Å². The molecule has 11 N–H and O–H groups in total. The van der Waals surface area contributed by atoms with Crippen LogP contribution >= 0.6 is 46.4 Å². The van der Waals surface area contributed by atoms with E-state index in [0.29, 0.717) is 190 Å². The number of aryl methyl sites for hydroxylation is 4. The Morgan fingerprint density at radius 1 is 0.410 bits per heavy atom. The molecular weight excluding hydrogens is 2000 g/mol. The maximum atomic E-state index is 14.0. The number of alkyl halides is 4. The van der Waals surface area contributed by atoms with Crippen molar-refractivity contribution in [2.24, 2.45) is 0 Å². The van der Waals surface area contributed by atoms with Gasteiger partial charge in [0.15, 0.2) is 19.7 Å². The first-order chi connectivity index (χ1) is 67.5. The van der Waals surface area contributed by atoms with Crippen LogP contribution in [0.15, 0.2) is 79.0 Å². The van der Waals surface area contributed by atoms with E-state index in [1.54, 1.807) is 104 Å². The van der Waals surface area contributed by atoms with Gasteiger partial charge in [-0.15, -0.1) is 0 Å². The van der Waals surface area contributed by atoms with E-state index in [1.165, 1.54) is 13.8 Å². The first-order valence-corrected chi connectivity index (χ1v) is 52.0. The number of carbonyl (C=O) groups is 13. The fourth-order valence-electron chi connectivity index (χ4n) is 20.9. The van der Waals surface area contributed by atoms with Crippen LogP contribution in [0.4, 0.5) is 40.3 Å². The lowest BCUT2D eigenvalue weighted by Gasteiger charge is -2.50. The monoisotopic (exact) mass is 2100 g/mol. The van der Waals surface area contributed by atoms with Crippen molar-refractivity contribution < 1.29 is 101 Å². The molecule has 6 fully saturated rings. The smallest absolute Gasteiger partial charge is 0.293 e. The van der Waals surface area contributed by atoms with Crippen molar-refractivity contribution in [3.63, 3.8) is 0 Å². The molecule has 144 heavy (non-hydrogen) atoms. The van der Waals surface area contributed by atoms with E-state index in [4.69, 9.17) is 51.1 Å². The average Bonchev–Trinajstić information content (AvgIpc) is 1.44. The van der Waals surface area contributed by atoms with Crippen LogP contribution in [-0.4, -0.2) is 209 Å². The number of Topliss-reactive ketones (excluding diaryl/α,β-unsaturated/α-hetero) is 4. The Balaban J connectivity index is 0.000000139. The number of fused-ring (bicyclic) bond motifs is 4. The molecule has 0 atom stereocenters. The minimum atomic E-state index is -3.35. The van der Waals surface area contributed by atoms with Crippen LogP contribution in [0.1, 0.15) is 241 Å². The zero-order valence-corrected chi connectivity index (χ0v) is 85.2. The number of H-pyrrole nitrogens is 1. The highest BCUT2D eigenvalue weighted by Gasteiger charge is 2.64. The van der Waals surface area contributed by atoms with Crippen molar-refractivity contribution in [1.82, 2.24) is 65.6 Å². The first kappa shape index (κ1) is 105. The number of hydrogen-bond acceptors (Lipinski definition) is 21. The summed E-state index contributed by atoms with van der Waals surface area (Å²) in [4.78, 5) is 171. The van der Waals surface area contributed by atoms with E-state index in [-0.39, 0.29) is 69.4 Å². The lowest BCUT2D eigenvalue weighted by Crippen LogP contribution is -2.74. The summed E-state index contributed by atoms with van der Waals surface area (Å²) in [5.74, 6) is -16.7. The first-order valence-electron chi connectivity index (χ1n) is 46.8. The molecule has 12 heterocycles. The summed E-state index contributed by atoms with van der Waals surface area (Å²) in [6, 6.07) is 20.7. The molecule has 9 amide bonds. The summed E-state index contributed by atoms with van der Waals surface area (Å²) in [5.41, 5.74) is 5.69. The van der Waals surface area contributed by atoms with Gasteiger partial charge in [0, 0.05) is 130 Å². The largest absolute Gasteiger partial charge is 0.376 e. The number of aromatic nitrogens is 7. The number of sulfone groups is 2. The molecule has 45 heteroatoms. The van der Waals surface area contributed by atoms with Crippen LogP contribution in [0.25, 0.3) is 0 Å². The molecule has 0 radical (unpaired) electrons. The maximum Gasteiger partial charge on any atom is 0.293 e. The van der Waals surface area contributed by atoms with Crippen molar-refractivity contribution >= 4 is 165 Å². The van der Waals surface area contributed by atoms with Gasteiger partial charge < -0.3 is 76.2 Å². The Hall–Kier alpha value is -12.3. The second-order valence-electron chi connectivity index (χ2n) is 40.3. The molecule has 7 aliphatic heterocycles. The van der Waals surface area contributed by atoms with Gasteiger partial charge in [0.2, 0.25) is 5.91 Å². The topological polar surface area (TPSA) is 481 Å². The number of nitrogens with one attached hydrogen (secondary N) is 11. The summed E-state index contributed by atoms with van der Waals surface area (Å²) in [6.07, 6.45) is 4.62. The molecule has 10 aliphatic rings. The van der Waals surface area contributed by atoms with Gasteiger partial charge in [-0.2, -0.15) is 15.4 Å². The molecule has 19 rings (SSSR count). The van der Waals surface area contributed by atoms with E-state index < -0.39 is 155 Å². The zero-order valence-electron chi connectivity index (χ0n) is 80.6. The van der Waals surface area contributed by atoms with Crippen molar-refractivity contribution in [2.45, 2.75) is 237 Å². The number of benzene rings is 4. The zero-order chi connectivity index (χ0) is 104. The third-order valence-corrected chi connectivity index (χ3v) is 34.1. The standard InChI is InChI=1S/C27H29ClF2N4O6S.C27H31ClF2N4O5S.C23H23ClN6O3.C22H24ClN3O4/c1-14-6-7-16(9-17(14)28)31-22(36)20-15(2)19(18-5-4-8-34(18)20)21(35)23(37)32-26(10-27(29,30)11-26)24(38)33-25(3)12-41(39,40)13-25;1-15-6-7-17(9-18(15)28)32-23(36)21-16(2)20(19-5-4-8-34(19)21)22(35)24(37)33-26(10-27(29,30)11-26)12-31-25(3)13-40(38,39)14-25;1-12-5-6-14(10-15(12)24)26-21(32)19-13(2)18(16-4-3-9-30(16)19)20(31)22(33)27-23(7-8-23)17-11-25-29-28-17;1-12-6-7-14(9-15(12)23)24-20(28)18-13(2)17(16-5-4-8-26(16)18)19(27)21(29)25-22(3)10-30-11-22/h6-7,9H,4-5,8,10-13H2,1-3H3,(H,31,36)(H,32,37)(H,33,38);6-7,9,31H,4-5,8,10-14H2,1-3H3,(H,32,36)(H,33,37);5-6,10-11H,3-4,7-9H2,1-2H3,(H,26,32)(H,27,33)(H,25,28,29);6-7,9H,4-5,8,10-11H2,1-3H3,(H,24,28)(H,25,29). The van der Waals surface area contributed by atoms with Crippen LogP contribution in [0.3, 0.4) is 0 Å². The Labute approximate surface area is 845 Å². The van der Waals surface area contributed by atoms with Gasteiger partial charge in [-0.05, 0) is 233 Å². The van der Waals surface area contributed by atoms with Gasteiger partial charge in [0.05, 0.1) is 86.8 Å². The molecule has 5 aromatic heterocycles. The fraction of sp³-hybridized carbons (Fsp3) is 0.444. The van der Waals surface area contributed by atoms with Crippen molar-refractivity contribution in [1.29, 1.82) is 0 Å². The highest BCUT2D eigenvalue weighted by molar-refractivity contribution is 7.93. The average molecular weight is 2100 g/mol. The van der Waals surface area contributed by atoms with Gasteiger partial charge in [-0.1, -0.05) is 70.7 Å². The van der Waals surface area contributed by atoms with E-state index in [1.807, 2.05) is 55.9 Å². The Bertz CT molecular complexity index is 7180. The number of amides is 9. The van der Waals surface area contributed by atoms with Crippen LogP contribution in [-0.2, 0) is 106 Å². The number of hydrogen-bond donors (Lipinski definition) is 11. The highest BCUT2D eigenvalue weighted by Crippen LogP contribution is 2.50. The minimum Gasteiger partial charge on any atom is -0.376 e. The third-order valence-electron chi connectivity index (χ3n) is 28.1. The van der Waals surface area contributed by atoms with Crippen molar-refractivity contribution in [2.75, 3.05) is 64.0 Å². The quantitative estimate of drug-likeness (QED) is 0.0136. The molecule has 0 unspecified atom stereocenters. The summed E-state index contributed by atoms with van der Waals surface area (Å²) in [7, 11) is -6.52. The van der Waals surface area contributed by atoms with Crippen LogP contribution in [0, 0.1) is 55.4 Å². The molecule has 764 valence electrons. The maximum absolute atomic E-state index is 14.0. The van der Waals surface area contributed by atoms with Gasteiger partial charge >= 0.3 is 0 Å². The lowest BCUT2D eigenvalue weighted by molar-refractivity contribution is -0.166. The lowest BCUT2D eigenvalue weighted by atomic mass is 9.72. The van der Waals surface area contributed by atoms with E-state index in [2.05, 4.69) is 68.6 Å². The number of anilines is 4. The van der Waals surface area contributed by atoms with Crippen molar-refractivity contribution in [3.05, 3.63) is 217 Å². The van der Waals surface area contributed by atoms with E-state index in [0.717, 1.165) is 46.5 Å². The summed E-state index contributed by atoms with van der Waals surface area (Å²) >= 11 is 24.7. The van der Waals surface area contributed by atoms with Gasteiger partial charge in [-0.25, -0.2) is 34.4 Å².